The van der Waals surface area contributed by atoms with Crippen molar-refractivity contribution < 1.29 is 0 Å². The minimum Gasteiger partial charge on any atom is -0.318 e. The number of rotatable bonds is 1. The molecule has 0 bridgehead atoms. The van der Waals surface area contributed by atoms with E-state index < -0.39 is 0 Å². The van der Waals surface area contributed by atoms with Crippen LogP contribution in [-0.2, 0) is 0 Å². The van der Waals surface area contributed by atoms with Crippen molar-refractivity contribution in [3.8, 4) is 6.07 Å². The molecule has 2 heterocycles. The van der Waals surface area contributed by atoms with E-state index in [1.54, 1.807) is 6.20 Å². The summed E-state index contributed by atoms with van der Waals surface area (Å²) in [5.41, 5.74) is 0. The number of likely N-dealkylation sites (tertiary alicyclic amines) is 1. The van der Waals surface area contributed by atoms with Crippen LogP contribution in [-0.4, -0.2) is 34.6 Å². The lowest BCUT2D eigenvalue weighted by Gasteiger charge is -2.12. The molecule has 1 aliphatic heterocycles. The smallest absolute Gasteiger partial charge is 0.213 e. The molecular weight excluding hydrogens is 164 g/mol. The number of hydrogen-bond acceptors (Lipinski definition) is 3. The molecule has 0 amide bonds. The van der Waals surface area contributed by atoms with Crippen LogP contribution in [0.15, 0.2) is 12.4 Å². The first kappa shape index (κ1) is 8.27. The van der Waals surface area contributed by atoms with E-state index in [0.717, 1.165) is 19.5 Å². The van der Waals surface area contributed by atoms with Crippen LogP contribution in [0.2, 0.25) is 0 Å². The molecule has 0 aromatic carbocycles. The minimum absolute atomic E-state index is 0.433. The molecule has 1 saturated heterocycles. The number of hydrogen-bond donors (Lipinski definition) is 0. The second-order valence-corrected chi connectivity index (χ2v) is 3.47. The number of imidazole rings is 1. The summed E-state index contributed by atoms with van der Waals surface area (Å²) in [6.45, 7) is 2.12. The molecule has 13 heavy (non-hydrogen) atoms. The van der Waals surface area contributed by atoms with Crippen LogP contribution in [0.1, 0.15) is 18.3 Å². The highest BCUT2D eigenvalue weighted by atomic mass is 15.2. The molecule has 1 unspecified atom stereocenters. The molecule has 4 heteroatoms. The van der Waals surface area contributed by atoms with Gasteiger partial charge in [0.2, 0.25) is 5.82 Å². The number of nitrogens with zero attached hydrogens (tertiary/aromatic N) is 4. The summed E-state index contributed by atoms with van der Waals surface area (Å²) in [5.74, 6) is 0.528. The minimum atomic E-state index is 0.433. The third kappa shape index (κ3) is 1.43. The Morgan fingerprint density at radius 1 is 1.69 bits per heavy atom. The Morgan fingerprint density at radius 3 is 3.15 bits per heavy atom. The summed E-state index contributed by atoms with van der Waals surface area (Å²) in [4.78, 5) is 6.26. The van der Waals surface area contributed by atoms with Crippen LogP contribution in [0.3, 0.4) is 0 Å². The normalized spacial score (nSPS) is 23.2. The summed E-state index contributed by atoms with van der Waals surface area (Å²) >= 11 is 0. The lowest BCUT2D eigenvalue weighted by Crippen LogP contribution is -2.16. The molecule has 68 valence electrons. The predicted molar refractivity (Wildman–Crippen MR) is 48.1 cm³/mol. The van der Waals surface area contributed by atoms with Gasteiger partial charge in [-0.1, -0.05) is 0 Å². The Bertz CT molecular complexity index is 336. The van der Waals surface area contributed by atoms with Crippen molar-refractivity contribution in [2.75, 3.05) is 20.1 Å². The number of aromatic nitrogens is 2. The standard InChI is InChI=1S/C9H12N4/c1-12-4-2-8(7-12)13-5-3-11-9(13)6-10/h3,5,8H,2,4,7H2,1H3. The first-order chi connectivity index (χ1) is 6.31. The summed E-state index contributed by atoms with van der Waals surface area (Å²) in [7, 11) is 2.10. The highest BCUT2D eigenvalue weighted by Gasteiger charge is 2.22. The second-order valence-electron chi connectivity index (χ2n) is 3.47. The van der Waals surface area contributed by atoms with Crippen molar-refractivity contribution >= 4 is 0 Å². The summed E-state index contributed by atoms with van der Waals surface area (Å²) < 4.78 is 1.98. The SMILES string of the molecule is CN1CCC(n2ccnc2C#N)C1. The van der Waals surface area contributed by atoms with E-state index in [-0.39, 0.29) is 0 Å². The van der Waals surface area contributed by atoms with E-state index in [0.29, 0.717) is 11.9 Å². The van der Waals surface area contributed by atoms with Crippen LogP contribution >= 0.6 is 0 Å². The number of likely N-dealkylation sites (N-methyl/N-ethyl adjacent to an activating group) is 1. The Morgan fingerprint density at radius 2 is 2.54 bits per heavy atom. The molecule has 0 N–H and O–H groups in total. The fourth-order valence-corrected chi connectivity index (χ4v) is 1.83. The topological polar surface area (TPSA) is 44.9 Å². The monoisotopic (exact) mass is 176 g/mol. The molecule has 0 spiro atoms. The zero-order chi connectivity index (χ0) is 9.26. The van der Waals surface area contributed by atoms with Crippen LogP contribution in [0, 0.1) is 11.3 Å². The lowest BCUT2D eigenvalue weighted by molar-refractivity contribution is 0.392. The van der Waals surface area contributed by atoms with Crippen LogP contribution in [0.4, 0.5) is 0 Å². The van der Waals surface area contributed by atoms with E-state index in [2.05, 4.69) is 23.0 Å². The van der Waals surface area contributed by atoms with Crippen LogP contribution in [0.25, 0.3) is 0 Å². The van der Waals surface area contributed by atoms with Gasteiger partial charge in [-0.3, -0.25) is 0 Å². The molecular formula is C9H12N4. The fourth-order valence-electron chi connectivity index (χ4n) is 1.83. The average Bonchev–Trinajstić information content (AvgIpc) is 2.71. The highest BCUT2D eigenvalue weighted by molar-refractivity contribution is 5.13. The highest BCUT2D eigenvalue weighted by Crippen LogP contribution is 2.20. The largest absolute Gasteiger partial charge is 0.318 e. The van der Waals surface area contributed by atoms with Gasteiger partial charge in [0.25, 0.3) is 0 Å². The molecule has 0 aliphatic carbocycles. The molecule has 1 aromatic rings. The Hall–Kier alpha value is -1.34. The maximum absolute atomic E-state index is 8.79. The predicted octanol–water partition coefficient (Wildman–Crippen LogP) is 0.631. The van der Waals surface area contributed by atoms with Crippen molar-refractivity contribution in [1.29, 1.82) is 5.26 Å². The molecule has 0 saturated carbocycles. The van der Waals surface area contributed by atoms with Crippen LogP contribution in [0.5, 0.6) is 0 Å². The quantitative estimate of drug-likeness (QED) is 0.630. The lowest BCUT2D eigenvalue weighted by atomic mass is 10.2. The molecule has 1 aliphatic rings. The Labute approximate surface area is 77.4 Å². The van der Waals surface area contributed by atoms with Gasteiger partial charge in [-0.05, 0) is 20.0 Å². The molecule has 0 radical (unpaired) electrons. The van der Waals surface area contributed by atoms with Crippen molar-refractivity contribution in [1.82, 2.24) is 14.5 Å². The fraction of sp³-hybridized carbons (Fsp3) is 0.556. The summed E-state index contributed by atoms with van der Waals surface area (Å²) in [5, 5.41) is 8.79. The van der Waals surface area contributed by atoms with E-state index in [4.69, 9.17) is 5.26 Å². The first-order valence-corrected chi connectivity index (χ1v) is 4.42. The Kier molecular flexibility index (Phi) is 2.03. The third-order valence-electron chi connectivity index (χ3n) is 2.53. The molecule has 1 atom stereocenters. The van der Waals surface area contributed by atoms with E-state index in [1.165, 1.54) is 0 Å². The van der Waals surface area contributed by atoms with E-state index in [1.807, 2.05) is 10.8 Å². The first-order valence-electron chi connectivity index (χ1n) is 4.42. The number of nitriles is 1. The van der Waals surface area contributed by atoms with Crippen molar-refractivity contribution in [3.63, 3.8) is 0 Å². The summed E-state index contributed by atoms with van der Waals surface area (Å²) in [6, 6.07) is 2.53. The van der Waals surface area contributed by atoms with E-state index >= 15 is 0 Å². The van der Waals surface area contributed by atoms with Crippen molar-refractivity contribution in [3.05, 3.63) is 18.2 Å². The maximum atomic E-state index is 8.79. The van der Waals surface area contributed by atoms with Gasteiger partial charge in [0.05, 0.1) is 0 Å². The van der Waals surface area contributed by atoms with Crippen LogP contribution < -0.4 is 0 Å². The van der Waals surface area contributed by atoms with Crippen molar-refractivity contribution in [2.45, 2.75) is 12.5 Å². The van der Waals surface area contributed by atoms with Gasteiger partial charge in [0.15, 0.2) is 0 Å². The molecule has 1 aromatic heterocycles. The van der Waals surface area contributed by atoms with Crippen molar-refractivity contribution in [2.24, 2.45) is 0 Å². The van der Waals surface area contributed by atoms with Gasteiger partial charge < -0.3 is 9.47 Å². The van der Waals surface area contributed by atoms with Gasteiger partial charge in [0, 0.05) is 25.0 Å². The molecule has 4 nitrogen and oxygen atoms in total. The van der Waals surface area contributed by atoms with E-state index in [9.17, 15) is 0 Å². The third-order valence-corrected chi connectivity index (χ3v) is 2.53. The van der Waals surface area contributed by atoms with Gasteiger partial charge in [0.1, 0.15) is 6.07 Å². The zero-order valence-corrected chi connectivity index (χ0v) is 7.64. The second kappa shape index (κ2) is 3.19. The Balaban J connectivity index is 2.22. The van der Waals surface area contributed by atoms with Gasteiger partial charge in [-0.25, -0.2) is 4.98 Å². The van der Waals surface area contributed by atoms with Gasteiger partial charge in [-0.15, -0.1) is 0 Å². The molecule has 1 fully saturated rings. The van der Waals surface area contributed by atoms with Gasteiger partial charge in [-0.2, -0.15) is 5.26 Å². The maximum Gasteiger partial charge on any atom is 0.213 e. The van der Waals surface area contributed by atoms with Gasteiger partial charge >= 0.3 is 0 Å². The molecule has 2 rings (SSSR count). The summed E-state index contributed by atoms with van der Waals surface area (Å²) in [6.07, 6.45) is 4.70. The zero-order valence-electron chi connectivity index (χ0n) is 7.64. The average molecular weight is 176 g/mol.